The van der Waals surface area contributed by atoms with Crippen molar-refractivity contribution in [3.63, 3.8) is 0 Å². The summed E-state index contributed by atoms with van der Waals surface area (Å²) in [6.07, 6.45) is 0.428. The van der Waals surface area contributed by atoms with E-state index in [1.807, 2.05) is 0 Å². The Kier molecular flexibility index (Phi) is 4.94. The van der Waals surface area contributed by atoms with Gasteiger partial charge in [0.25, 0.3) is 0 Å². The summed E-state index contributed by atoms with van der Waals surface area (Å²) in [6.45, 7) is 0. The molecule has 106 valence electrons. The topological polar surface area (TPSA) is 38.0 Å². The minimum absolute atomic E-state index is 0.0213. The van der Waals surface area contributed by atoms with Crippen LogP contribution >= 0.6 is 23.2 Å². The summed E-state index contributed by atoms with van der Waals surface area (Å²) < 4.78 is 26.2. The highest BCUT2D eigenvalue weighted by atomic mass is 35.5. The van der Waals surface area contributed by atoms with Gasteiger partial charge in [-0.2, -0.15) is 0 Å². The van der Waals surface area contributed by atoms with E-state index in [9.17, 15) is 8.78 Å². The van der Waals surface area contributed by atoms with Crippen molar-refractivity contribution < 1.29 is 8.78 Å². The lowest BCUT2D eigenvalue weighted by Crippen LogP contribution is -2.29. The van der Waals surface area contributed by atoms with Gasteiger partial charge >= 0.3 is 0 Å². The van der Waals surface area contributed by atoms with Crippen LogP contribution in [0.15, 0.2) is 36.4 Å². The Bertz CT molecular complexity index is 620. The maximum absolute atomic E-state index is 13.2. The molecule has 0 fully saturated rings. The third kappa shape index (κ3) is 3.46. The monoisotopic (exact) mass is 316 g/mol. The minimum atomic E-state index is -0.494. The molecule has 1 atom stereocenters. The summed E-state index contributed by atoms with van der Waals surface area (Å²) in [4.78, 5) is 0. The molecule has 0 radical (unpaired) electrons. The van der Waals surface area contributed by atoms with Crippen molar-refractivity contribution in [2.24, 2.45) is 5.84 Å². The molecule has 0 saturated heterocycles. The van der Waals surface area contributed by atoms with Crippen LogP contribution in [0, 0.1) is 11.6 Å². The second kappa shape index (κ2) is 6.50. The number of halogens is 4. The Morgan fingerprint density at radius 1 is 1.05 bits per heavy atom. The molecule has 2 aromatic carbocycles. The molecule has 1 unspecified atom stereocenters. The Morgan fingerprint density at radius 3 is 2.40 bits per heavy atom. The van der Waals surface area contributed by atoms with Gasteiger partial charge in [-0.1, -0.05) is 35.3 Å². The fraction of sp³-hybridized carbons (Fsp3) is 0.143. The molecule has 2 rings (SSSR count). The zero-order chi connectivity index (χ0) is 14.7. The average Bonchev–Trinajstić information content (AvgIpc) is 2.41. The molecule has 2 nitrogen and oxygen atoms in total. The van der Waals surface area contributed by atoms with Crippen molar-refractivity contribution in [2.75, 3.05) is 0 Å². The molecule has 0 aliphatic heterocycles. The fourth-order valence-electron chi connectivity index (χ4n) is 1.91. The van der Waals surface area contributed by atoms with Crippen molar-refractivity contribution in [2.45, 2.75) is 12.5 Å². The standard InChI is InChI=1S/C14H12Cl2F2N2/c15-11-7-10(17)3-1-8(11)6-14(20-19)9-2-4-13(18)12(16)5-9/h1-5,7,14,20H,6,19H2. The van der Waals surface area contributed by atoms with Gasteiger partial charge in [0.15, 0.2) is 0 Å². The normalized spacial score (nSPS) is 12.4. The molecule has 0 amide bonds. The molecule has 0 saturated carbocycles. The van der Waals surface area contributed by atoms with Gasteiger partial charge in [0, 0.05) is 5.02 Å². The van der Waals surface area contributed by atoms with Crippen molar-refractivity contribution in [3.05, 3.63) is 69.2 Å². The van der Waals surface area contributed by atoms with Gasteiger partial charge in [-0.05, 0) is 41.8 Å². The molecular weight excluding hydrogens is 305 g/mol. The van der Waals surface area contributed by atoms with Crippen LogP contribution < -0.4 is 11.3 Å². The Labute approximate surface area is 125 Å². The summed E-state index contributed by atoms with van der Waals surface area (Å²) in [6, 6.07) is 8.20. The quantitative estimate of drug-likeness (QED) is 0.660. The Hall–Kier alpha value is -1.20. The first-order chi connectivity index (χ1) is 9.51. The molecule has 0 aliphatic rings. The maximum Gasteiger partial charge on any atom is 0.141 e. The molecule has 2 aromatic rings. The van der Waals surface area contributed by atoms with E-state index in [1.165, 1.54) is 24.3 Å². The number of hydrogen-bond donors (Lipinski definition) is 2. The van der Waals surface area contributed by atoms with Crippen LogP contribution in [0.1, 0.15) is 17.2 Å². The predicted molar refractivity (Wildman–Crippen MR) is 76.6 cm³/mol. The molecule has 20 heavy (non-hydrogen) atoms. The fourth-order valence-corrected chi connectivity index (χ4v) is 2.34. The van der Waals surface area contributed by atoms with Gasteiger partial charge in [0.1, 0.15) is 11.6 Å². The summed E-state index contributed by atoms with van der Waals surface area (Å²) >= 11 is 11.7. The molecule has 0 spiro atoms. The molecule has 0 heterocycles. The molecule has 0 aliphatic carbocycles. The highest BCUT2D eigenvalue weighted by Gasteiger charge is 2.14. The van der Waals surface area contributed by atoms with Gasteiger partial charge < -0.3 is 0 Å². The van der Waals surface area contributed by atoms with Crippen LogP contribution in [0.25, 0.3) is 0 Å². The number of hydrazine groups is 1. The van der Waals surface area contributed by atoms with Crippen LogP contribution in [-0.2, 0) is 6.42 Å². The van der Waals surface area contributed by atoms with Crippen LogP contribution in [0.2, 0.25) is 10.0 Å². The lowest BCUT2D eigenvalue weighted by molar-refractivity contribution is 0.548. The highest BCUT2D eigenvalue weighted by molar-refractivity contribution is 6.31. The largest absolute Gasteiger partial charge is 0.271 e. The van der Waals surface area contributed by atoms with E-state index in [4.69, 9.17) is 29.0 Å². The second-order valence-corrected chi connectivity index (χ2v) is 5.15. The summed E-state index contributed by atoms with van der Waals surface area (Å²) in [5, 5.41) is 0.339. The third-order valence-electron chi connectivity index (χ3n) is 2.99. The highest BCUT2D eigenvalue weighted by Crippen LogP contribution is 2.26. The number of nitrogens with one attached hydrogen (secondary N) is 1. The van der Waals surface area contributed by atoms with Crippen molar-refractivity contribution >= 4 is 23.2 Å². The van der Waals surface area contributed by atoms with Gasteiger partial charge in [0.2, 0.25) is 0 Å². The van der Waals surface area contributed by atoms with E-state index < -0.39 is 11.6 Å². The van der Waals surface area contributed by atoms with E-state index in [0.717, 1.165) is 11.1 Å². The van der Waals surface area contributed by atoms with Gasteiger partial charge in [-0.15, -0.1) is 0 Å². The second-order valence-electron chi connectivity index (χ2n) is 4.33. The minimum Gasteiger partial charge on any atom is -0.271 e. The lowest BCUT2D eigenvalue weighted by atomic mass is 9.99. The summed E-state index contributed by atoms with van der Waals surface area (Å²) in [5.74, 6) is 4.62. The van der Waals surface area contributed by atoms with Gasteiger partial charge in [-0.25, -0.2) is 8.78 Å². The van der Waals surface area contributed by atoms with Crippen LogP contribution in [0.3, 0.4) is 0 Å². The SMILES string of the molecule is NNC(Cc1ccc(F)cc1Cl)c1ccc(F)c(Cl)c1. The molecule has 3 N–H and O–H groups in total. The smallest absolute Gasteiger partial charge is 0.141 e. The van der Waals surface area contributed by atoms with Gasteiger partial charge in [-0.3, -0.25) is 11.3 Å². The third-order valence-corrected chi connectivity index (χ3v) is 3.63. The van der Waals surface area contributed by atoms with Crippen LogP contribution in [-0.4, -0.2) is 0 Å². The molecule has 0 bridgehead atoms. The number of hydrogen-bond acceptors (Lipinski definition) is 2. The number of rotatable bonds is 4. The van der Waals surface area contributed by atoms with E-state index in [2.05, 4.69) is 5.43 Å². The first kappa shape index (κ1) is 15.2. The average molecular weight is 317 g/mol. The van der Waals surface area contributed by atoms with Crippen LogP contribution in [0.4, 0.5) is 8.78 Å². The molecular formula is C14H12Cl2F2N2. The zero-order valence-electron chi connectivity index (χ0n) is 10.3. The van der Waals surface area contributed by atoms with Crippen LogP contribution in [0.5, 0.6) is 0 Å². The maximum atomic E-state index is 13.2. The van der Waals surface area contributed by atoms with E-state index >= 15 is 0 Å². The van der Waals surface area contributed by atoms with Crippen molar-refractivity contribution in [1.82, 2.24) is 5.43 Å². The van der Waals surface area contributed by atoms with E-state index in [0.29, 0.717) is 11.4 Å². The molecule has 0 aromatic heterocycles. The summed E-state index contributed by atoms with van der Waals surface area (Å²) in [5.41, 5.74) is 4.08. The van der Waals surface area contributed by atoms with Crippen molar-refractivity contribution in [1.29, 1.82) is 0 Å². The zero-order valence-corrected chi connectivity index (χ0v) is 11.8. The van der Waals surface area contributed by atoms with E-state index in [1.54, 1.807) is 12.1 Å². The Balaban J connectivity index is 2.26. The number of nitrogens with two attached hydrogens (primary N) is 1. The van der Waals surface area contributed by atoms with E-state index in [-0.39, 0.29) is 11.1 Å². The van der Waals surface area contributed by atoms with Crippen molar-refractivity contribution in [3.8, 4) is 0 Å². The number of benzene rings is 2. The van der Waals surface area contributed by atoms with Gasteiger partial charge in [0.05, 0.1) is 11.1 Å². The summed E-state index contributed by atoms with van der Waals surface area (Å²) in [7, 11) is 0. The first-order valence-electron chi connectivity index (χ1n) is 5.86. The first-order valence-corrected chi connectivity index (χ1v) is 6.62. The predicted octanol–water partition coefficient (Wildman–Crippen LogP) is 4.02. The Morgan fingerprint density at radius 2 is 1.80 bits per heavy atom. The molecule has 6 heteroatoms. The lowest BCUT2D eigenvalue weighted by Gasteiger charge is -2.17.